The Hall–Kier alpha value is -1.10. The van der Waals surface area contributed by atoms with E-state index in [9.17, 15) is 9.59 Å². The third kappa shape index (κ3) is 1.51. The van der Waals surface area contributed by atoms with Crippen molar-refractivity contribution in [1.29, 1.82) is 0 Å². The molecular formula is C10H15N3O2. The van der Waals surface area contributed by atoms with Crippen molar-refractivity contribution in [2.75, 3.05) is 26.2 Å². The molecule has 3 rings (SSSR count). The molecule has 1 atom stereocenters. The average Bonchev–Trinajstić information content (AvgIpc) is 3.02. The summed E-state index contributed by atoms with van der Waals surface area (Å²) in [7, 11) is 0. The standard InChI is InChI=1S/C10H15N3O2/c14-9-4-11-3-8-5-12(7-1-2-7)10(15)6-13(8)9/h7-8,11H,1-6H2. The van der Waals surface area contributed by atoms with E-state index in [2.05, 4.69) is 5.32 Å². The van der Waals surface area contributed by atoms with Gasteiger partial charge in [-0.3, -0.25) is 9.59 Å². The SMILES string of the molecule is O=C1CNCC2CN(C3CC3)C(=O)CN12. The Balaban J connectivity index is 1.76. The lowest BCUT2D eigenvalue weighted by molar-refractivity contribution is -0.151. The van der Waals surface area contributed by atoms with Crippen molar-refractivity contribution in [3.05, 3.63) is 0 Å². The average molecular weight is 209 g/mol. The molecule has 2 amide bonds. The molecule has 0 radical (unpaired) electrons. The topological polar surface area (TPSA) is 52.7 Å². The summed E-state index contributed by atoms with van der Waals surface area (Å²) in [6.45, 7) is 2.22. The molecule has 2 heterocycles. The molecule has 1 saturated carbocycles. The van der Waals surface area contributed by atoms with Crippen molar-refractivity contribution in [1.82, 2.24) is 15.1 Å². The molecule has 0 bridgehead atoms. The van der Waals surface area contributed by atoms with Gasteiger partial charge in [0.1, 0.15) is 6.54 Å². The second-order valence-electron chi connectivity index (χ2n) is 4.58. The minimum Gasteiger partial charge on any atom is -0.336 e. The first kappa shape index (κ1) is 9.15. The predicted molar refractivity (Wildman–Crippen MR) is 53.1 cm³/mol. The number of hydrogen-bond donors (Lipinski definition) is 1. The van der Waals surface area contributed by atoms with Gasteiger partial charge in [0.2, 0.25) is 11.8 Å². The minimum absolute atomic E-state index is 0.0649. The summed E-state index contributed by atoms with van der Waals surface area (Å²) in [5.74, 6) is 0.194. The molecule has 3 aliphatic rings. The molecule has 0 aromatic carbocycles. The van der Waals surface area contributed by atoms with E-state index in [1.54, 1.807) is 4.90 Å². The Morgan fingerprint density at radius 2 is 1.87 bits per heavy atom. The van der Waals surface area contributed by atoms with E-state index in [0.29, 0.717) is 19.1 Å². The molecular weight excluding hydrogens is 194 g/mol. The van der Waals surface area contributed by atoms with Crippen LogP contribution in [0.25, 0.3) is 0 Å². The van der Waals surface area contributed by atoms with Crippen molar-refractivity contribution in [2.24, 2.45) is 0 Å². The predicted octanol–water partition coefficient (Wildman–Crippen LogP) is -1.21. The summed E-state index contributed by atoms with van der Waals surface area (Å²) < 4.78 is 0. The third-order valence-electron chi connectivity index (χ3n) is 3.44. The van der Waals surface area contributed by atoms with Crippen molar-refractivity contribution < 1.29 is 9.59 Å². The van der Waals surface area contributed by atoms with Crippen LogP contribution in [0.15, 0.2) is 0 Å². The molecule has 82 valence electrons. The first-order chi connectivity index (χ1) is 7.25. The van der Waals surface area contributed by atoms with Gasteiger partial charge in [0.05, 0.1) is 12.6 Å². The van der Waals surface area contributed by atoms with Crippen LogP contribution >= 0.6 is 0 Å². The van der Waals surface area contributed by atoms with Crippen LogP contribution < -0.4 is 5.32 Å². The fraction of sp³-hybridized carbons (Fsp3) is 0.800. The number of nitrogens with zero attached hydrogens (tertiary/aromatic N) is 2. The minimum atomic E-state index is 0.0649. The van der Waals surface area contributed by atoms with E-state index in [0.717, 1.165) is 25.9 Å². The fourth-order valence-corrected chi connectivity index (χ4v) is 2.45. The molecule has 1 N–H and O–H groups in total. The largest absolute Gasteiger partial charge is 0.336 e. The highest BCUT2D eigenvalue weighted by Gasteiger charge is 2.42. The fourth-order valence-electron chi connectivity index (χ4n) is 2.45. The Morgan fingerprint density at radius 3 is 2.60 bits per heavy atom. The summed E-state index contributed by atoms with van der Waals surface area (Å²) in [5.41, 5.74) is 0. The second kappa shape index (κ2) is 3.20. The van der Waals surface area contributed by atoms with Gasteiger partial charge in [-0.2, -0.15) is 0 Å². The maximum Gasteiger partial charge on any atom is 0.242 e. The number of carbonyl (C=O) groups excluding carboxylic acids is 2. The molecule has 1 unspecified atom stereocenters. The Morgan fingerprint density at radius 1 is 1.07 bits per heavy atom. The highest BCUT2D eigenvalue weighted by Crippen LogP contribution is 2.29. The number of carbonyl (C=O) groups is 2. The maximum absolute atomic E-state index is 11.8. The van der Waals surface area contributed by atoms with Crippen LogP contribution in [0, 0.1) is 0 Å². The zero-order valence-electron chi connectivity index (χ0n) is 8.61. The van der Waals surface area contributed by atoms with Gasteiger partial charge in [-0.15, -0.1) is 0 Å². The monoisotopic (exact) mass is 209 g/mol. The van der Waals surface area contributed by atoms with Gasteiger partial charge in [0.15, 0.2) is 0 Å². The number of hydrogen-bond acceptors (Lipinski definition) is 3. The molecule has 15 heavy (non-hydrogen) atoms. The lowest BCUT2D eigenvalue weighted by Gasteiger charge is -2.43. The van der Waals surface area contributed by atoms with Gasteiger partial charge in [-0.25, -0.2) is 0 Å². The summed E-state index contributed by atoms with van der Waals surface area (Å²) in [6.07, 6.45) is 2.28. The van der Waals surface area contributed by atoms with Gasteiger partial charge < -0.3 is 15.1 Å². The molecule has 5 nitrogen and oxygen atoms in total. The van der Waals surface area contributed by atoms with Gasteiger partial charge in [-0.05, 0) is 12.8 Å². The van der Waals surface area contributed by atoms with Crippen LogP contribution in [0.5, 0.6) is 0 Å². The van der Waals surface area contributed by atoms with E-state index in [-0.39, 0.29) is 17.9 Å². The van der Waals surface area contributed by atoms with Gasteiger partial charge in [0, 0.05) is 19.1 Å². The molecule has 2 saturated heterocycles. The number of amides is 2. The quantitative estimate of drug-likeness (QED) is 0.589. The lowest BCUT2D eigenvalue weighted by atomic mass is 10.1. The van der Waals surface area contributed by atoms with Gasteiger partial charge in [-0.1, -0.05) is 0 Å². The Labute approximate surface area is 88.4 Å². The van der Waals surface area contributed by atoms with Gasteiger partial charge in [0.25, 0.3) is 0 Å². The van der Waals surface area contributed by atoms with Crippen LogP contribution in [-0.4, -0.2) is 59.9 Å². The third-order valence-corrected chi connectivity index (χ3v) is 3.44. The zero-order valence-corrected chi connectivity index (χ0v) is 8.61. The van der Waals surface area contributed by atoms with E-state index in [1.165, 1.54) is 0 Å². The molecule has 0 aromatic heterocycles. The zero-order chi connectivity index (χ0) is 10.4. The van der Waals surface area contributed by atoms with Crippen molar-refractivity contribution in [2.45, 2.75) is 24.9 Å². The highest BCUT2D eigenvalue weighted by molar-refractivity contribution is 5.88. The molecule has 3 fully saturated rings. The van der Waals surface area contributed by atoms with E-state index < -0.39 is 0 Å². The van der Waals surface area contributed by atoms with Crippen molar-refractivity contribution in [3.8, 4) is 0 Å². The molecule has 0 aromatic rings. The summed E-state index contributed by atoms with van der Waals surface area (Å²) in [5, 5.41) is 3.10. The molecule has 2 aliphatic heterocycles. The molecule has 5 heteroatoms. The lowest BCUT2D eigenvalue weighted by Crippen LogP contribution is -2.65. The molecule has 1 aliphatic carbocycles. The second-order valence-corrected chi connectivity index (χ2v) is 4.58. The normalized spacial score (nSPS) is 31.9. The van der Waals surface area contributed by atoms with Crippen LogP contribution in [0.1, 0.15) is 12.8 Å². The van der Waals surface area contributed by atoms with Crippen LogP contribution in [0.2, 0.25) is 0 Å². The summed E-state index contributed by atoms with van der Waals surface area (Å²) in [6, 6.07) is 0.668. The summed E-state index contributed by atoms with van der Waals surface area (Å²) in [4.78, 5) is 27.0. The van der Waals surface area contributed by atoms with Crippen LogP contribution in [0.4, 0.5) is 0 Å². The van der Waals surface area contributed by atoms with Crippen molar-refractivity contribution >= 4 is 11.8 Å². The molecule has 0 spiro atoms. The van der Waals surface area contributed by atoms with Crippen LogP contribution in [0.3, 0.4) is 0 Å². The van der Waals surface area contributed by atoms with E-state index >= 15 is 0 Å². The first-order valence-electron chi connectivity index (χ1n) is 5.55. The van der Waals surface area contributed by atoms with Crippen molar-refractivity contribution in [3.63, 3.8) is 0 Å². The van der Waals surface area contributed by atoms with E-state index in [1.807, 2.05) is 4.90 Å². The van der Waals surface area contributed by atoms with Gasteiger partial charge >= 0.3 is 0 Å². The first-order valence-corrected chi connectivity index (χ1v) is 5.55. The van der Waals surface area contributed by atoms with Crippen LogP contribution in [-0.2, 0) is 9.59 Å². The Kier molecular flexibility index (Phi) is 1.95. The highest BCUT2D eigenvalue weighted by atomic mass is 16.2. The number of fused-ring (bicyclic) bond motifs is 1. The number of nitrogens with one attached hydrogen (secondary N) is 1. The Bertz CT molecular complexity index is 314. The number of piperazine rings is 2. The van der Waals surface area contributed by atoms with E-state index in [4.69, 9.17) is 0 Å². The summed E-state index contributed by atoms with van der Waals surface area (Å²) >= 11 is 0. The smallest absolute Gasteiger partial charge is 0.242 e. The maximum atomic E-state index is 11.8. The number of rotatable bonds is 1.